The number of hydrogen-bond donors (Lipinski definition) is 1. The summed E-state index contributed by atoms with van der Waals surface area (Å²) in [6.45, 7) is 0. The van der Waals surface area contributed by atoms with E-state index in [9.17, 15) is 0 Å². The molecule has 0 aliphatic heterocycles. The minimum Gasteiger partial charge on any atom is -0.335 e. The second-order valence-electron chi connectivity index (χ2n) is 5.59. The second-order valence-corrected chi connectivity index (χ2v) is 7.52. The van der Waals surface area contributed by atoms with E-state index < -0.39 is 0 Å². The smallest absolute Gasteiger partial charge is 0.216 e. The van der Waals surface area contributed by atoms with Crippen LogP contribution in [-0.2, 0) is 0 Å². The van der Waals surface area contributed by atoms with Gasteiger partial charge in [0.25, 0.3) is 0 Å². The molecule has 0 aliphatic rings. The SMILES string of the molecule is Nn1c(Sc2ccc3nnc(-c4ccccc4)n3n2)nnc1-c1cccs1. The Morgan fingerprint density at radius 1 is 0.852 bits per heavy atom. The molecule has 0 saturated carbocycles. The molecule has 0 unspecified atom stereocenters. The van der Waals surface area contributed by atoms with Crippen LogP contribution in [0.15, 0.2) is 70.2 Å². The average Bonchev–Trinajstić information content (AvgIpc) is 3.43. The Morgan fingerprint density at radius 2 is 1.70 bits per heavy atom. The van der Waals surface area contributed by atoms with Crippen LogP contribution in [0.4, 0.5) is 0 Å². The van der Waals surface area contributed by atoms with Gasteiger partial charge in [0.05, 0.1) is 4.88 Å². The van der Waals surface area contributed by atoms with E-state index in [1.807, 2.05) is 60.0 Å². The van der Waals surface area contributed by atoms with E-state index in [0.717, 1.165) is 15.5 Å². The quantitative estimate of drug-likeness (QED) is 0.469. The fourth-order valence-electron chi connectivity index (χ4n) is 2.61. The van der Waals surface area contributed by atoms with E-state index in [-0.39, 0.29) is 0 Å². The summed E-state index contributed by atoms with van der Waals surface area (Å²) in [7, 11) is 0. The van der Waals surface area contributed by atoms with Crippen LogP contribution in [0.2, 0.25) is 0 Å². The topological polar surface area (TPSA) is 99.8 Å². The maximum absolute atomic E-state index is 6.17. The predicted molar refractivity (Wildman–Crippen MR) is 104 cm³/mol. The molecule has 5 rings (SSSR count). The minimum absolute atomic E-state index is 0.555. The number of thiophene rings is 1. The molecule has 0 aliphatic carbocycles. The molecule has 4 heterocycles. The third-order valence-corrected chi connectivity index (χ3v) is 5.63. The first kappa shape index (κ1) is 16.0. The van der Waals surface area contributed by atoms with Gasteiger partial charge >= 0.3 is 0 Å². The summed E-state index contributed by atoms with van der Waals surface area (Å²) in [4.78, 5) is 0.963. The zero-order valence-corrected chi connectivity index (χ0v) is 15.4. The third kappa shape index (κ3) is 2.84. The molecule has 132 valence electrons. The molecule has 0 radical (unpaired) electrons. The Balaban J connectivity index is 1.51. The van der Waals surface area contributed by atoms with Gasteiger partial charge in [-0.1, -0.05) is 36.4 Å². The van der Waals surface area contributed by atoms with Crippen LogP contribution in [0.3, 0.4) is 0 Å². The normalized spacial score (nSPS) is 11.3. The Kier molecular flexibility index (Phi) is 3.84. The first-order chi connectivity index (χ1) is 13.3. The number of benzene rings is 1. The van der Waals surface area contributed by atoms with Crippen LogP contribution in [0.25, 0.3) is 27.7 Å². The lowest BCUT2D eigenvalue weighted by molar-refractivity contribution is 0.829. The molecule has 0 fully saturated rings. The zero-order valence-electron chi connectivity index (χ0n) is 13.8. The highest BCUT2D eigenvalue weighted by molar-refractivity contribution is 7.99. The standard InChI is InChI=1S/C17H12N8S2/c18-24-16(12-7-4-10-26-12)21-22-17(24)27-14-9-8-13-19-20-15(25(13)23-14)11-5-2-1-3-6-11/h1-10H,18H2. The number of rotatable bonds is 4. The lowest BCUT2D eigenvalue weighted by atomic mass is 10.2. The van der Waals surface area contributed by atoms with Crippen molar-refractivity contribution in [3.05, 3.63) is 60.0 Å². The molecule has 27 heavy (non-hydrogen) atoms. The molecule has 0 spiro atoms. The Morgan fingerprint density at radius 3 is 2.52 bits per heavy atom. The van der Waals surface area contributed by atoms with Gasteiger partial charge in [0.2, 0.25) is 5.16 Å². The molecule has 4 aromatic heterocycles. The van der Waals surface area contributed by atoms with Gasteiger partial charge in [-0.15, -0.1) is 31.7 Å². The van der Waals surface area contributed by atoms with E-state index in [4.69, 9.17) is 5.84 Å². The molecule has 0 saturated heterocycles. The van der Waals surface area contributed by atoms with E-state index in [1.54, 1.807) is 15.9 Å². The van der Waals surface area contributed by atoms with Crippen molar-refractivity contribution in [3.8, 4) is 22.1 Å². The predicted octanol–water partition coefficient (Wildman–Crippen LogP) is 2.98. The molecule has 10 heteroatoms. The summed E-state index contributed by atoms with van der Waals surface area (Å²) in [5.74, 6) is 7.48. The summed E-state index contributed by atoms with van der Waals surface area (Å²) in [6.07, 6.45) is 0. The maximum atomic E-state index is 6.17. The largest absolute Gasteiger partial charge is 0.335 e. The molecule has 0 bridgehead atoms. The lowest BCUT2D eigenvalue weighted by Crippen LogP contribution is -2.11. The van der Waals surface area contributed by atoms with Crippen molar-refractivity contribution in [2.75, 3.05) is 5.84 Å². The van der Waals surface area contributed by atoms with Gasteiger partial charge < -0.3 is 5.84 Å². The Hall–Kier alpha value is -3.24. The third-order valence-electron chi connectivity index (χ3n) is 3.87. The number of nitrogen functional groups attached to an aromatic ring is 1. The highest BCUT2D eigenvalue weighted by Crippen LogP contribution is 2.29. The van der Waals surface area contributed by atoms with Crippen molar-refractivity contribution in [2.24, 2.45) is 0 Å². The van der Waals surface area contributed by atoms with Gasteiger partial charge in [-0.2, -0.15) is 9.61 Å². The van der Waals surface area contributed by atoms with Gasteiger partial charge in [0.15, 0.2) is 17.3 Å². The van der Waals surface area contributed by atoms with Crippen LogP contribution < -0.4 is 5.84 Å². The van der Waals surface area contributed by atoms with E-state index in [1.165, 1.54) is 16.4 Å². The van der Waals surface area contributed by atoms with E-state index in [0.29, 0.717) is 22.5 Å². The van der Waals surface area contributed by atoms with Gasteiger partial charge in [0, 0.05) is 5.56 Å². The highest BCUT2D eigenvalue weighted by Gasteiger charge is 2.16. The molecule has 0 atom stereocenters. The van der Waals surface area contributed by atoms with Gasteiger partial charge in [-0.3, -0.25) is 0 Å². The summed E-state index contributed by atoms with van der Waals surface area (Å²) >= 11 is 2.90. The van der Waals surface area contributed by atoms with Crippen molar-refractivity contribution in [1.29, 1.82) is 0 Å². The van der Waals surface area contributed by atoms with Gasteiger partial charge in [-0.25, -0.2) is 4.68 Å². The van der Waals surface area contributed by atoms with Crippen LogP contribution >= 0.6 is 23.1 Å². The molecular formula is C17H12N8S2. The number of hydrogen-bond acceptors (Lipinski definition) is 8. The second kappa shape index (κ2) is 6.49. The average molecular weight is 392 g/mol. The first-order valence-electron chi connectivity index (χ1n) is 8.00. The maximum Gasteiger partial charge on any atom is 0.216 e. The summed E-state index contributed by atoms with van der Waals surface area (Å²) in [5.41, 5.74) is 1.62. The molecule has 1 aromatic carbocycles. The summed E-state index contributed by atoms with van der Waals surface area (Å²) in [5, 5.41) is 24.7. The van der Waals surface area contributed by atoms with Crippen molar-refractivity contribution >= 4 is 28.7 Å². The lowest BCUT2D eigenvalue weighted by Gasteiger charge is -2.03. The van der Waals surface area contributed by atoms with Gasteiger partial charge in [0.1, 0.15) is 5.03 Å². The van der Waals surface area contributed by atoms with Crippen LogP contribution in [0.5, 0.6) is 0 Å². The van der Waals surface area contributed by atoms with Crippen molar-refractivity contribution in [3.63, 3.8) is 0 Å². The van der Waals surface area contributed by atoms with Crippen LogP contribution in [0, 0.1) is 0 Å². The minimum atomic E-state index is 0.555. The molecule has 8 nitrogen and oxygen atoms in total. The molecule has 5 aromatic rings. The Bertz CT molecular complexity index is 1210. The van der Waals surface area contributed by atoms with E-state index >= 15 is 0 Å². The highest BCUT2D eigenvalue weighted by atomic mass is 32.2. The monoisotopic (exact) mass is 392 g/mol. The number of fused-ring (bicyclic) bond motifs is 1. The fraction of sp³-hybridized carbons (Fsp3) is 0. The van der Waals surface area contributed by atoms with Crippen LogP contribution in [0.1, 0.15) is 0 Å². The van der Waals surface area contributed by atoms with Crippen molar-refractivity contribution < 1.29 is 0 Å². The first-order valence-corrected chi connectivity index (χ1v) is 9.69. The summed E-state index contributed by atoms with van der Waals surface area (Å²) < 4.78 is 3.20. The summed E-state index contributed by atoms with van der Waals surface area (Å²) in [6, 6.07) is 17.5. The molecule has 0 amide bonds. The Labute approximate surface area is 161 Å². The van der Waals surface area contributed by atoms with Crippen molar-refractivity contribution in [2.45, 2.75) is 10.2 Å². The number of nitrogens with zero attached hydrogens (tertiary/aromatic N) is 7. The number of aromatic nitrogens is 7. The zero-order chi connectivity index (χ0) is 18.2. The van der Waals surface area contributed by atoms with Crippen LogP contribution in [-0.4, -0.2) is 34.7 Å². The van der Waals surface area contributed by atoms with Crippen molar-refractivity contribution in [1.82, 2.24) is 34.7 Å². The number of nitrogens with two attached hydrogens (primary N) is 1. The van der Waals surface area contributed by atoms with Gasteiger partial charge in [-0.05, 0) is 35.3 Å². The fourth-order valence-corrected chi connectivity index (χ4v) is 4.03. The molecular weight excluding hydrogens is 380 g/mol. The molecule has 2 N–H and O–H groups in total. The van der Waals surface area contributed by atoms with E-state index in [2.05, 4.69) is 25.5 Å².